The van der Waals surface area contributed by atoms with Crippen LogP contribution in [-0.4, -0.2) is 30.4 Å². The predicted molar refractivity (Wildman–Crippen MR) is 109 cm³/mol. The number of hydrogen-bond donors (Lipinski definition) is 3. The van der Waals surface area contributed by atoms with Crippen LogP contribution in [0.2, 0.25) is 0 Å². The second-order valence-corrected chi connectivity index (χ2v) is 7.85. The van der Waals surface area contributed by atoms with Gasteiger partial charge in [0.05, 0.1) is 0 Å². The van der Waals surface area contributed by atoms with Crippen LogP contribution in [0.1, 0.15) is 41.6 Å². The normalized spacial score (nSPS) is 11.4. The molecule has 0 spiro atoms. The van der Waals surface area contributed by atoms with Gasteiger partial charge in [0.2, 0.25) is 0 Å². The largest absolute Gasteiger partial charge is 0.354 e. The Morgan fingerprint density at radius 1 is 1.00 bits per heavy atom. The molecule has 1 aromatic heterocycles. The van der Waals surface area contributed by atoms with Gasteiger partial charge in [0.15, 0.2) is 0 Å². The summed E-state index contributed by atoms with van der Waals surface area (Å²) in [5, 5.41) is 6.56. The van der Waals surface area contributed by atoms with Crippen LogP contribution in [0.4, 0.5) is 0 Å². The van der Waals surface area contributed by atoms with E-state index in [1.165, 1.54) is 0 Å². The lowest BCUT2D eigenvalue weighted by Gasteiger charge is -2.18. The minimum Gasteiger partial charge on any atom is -0.354 e. The molecule has 0 saturated heterocycles. The number of carbonyl (C=O) groups excluding carboxylic acids is 2. The Morgan fingerprint density at radius 3 is 2.33 bits per heavy atom. The summed E-state index contributed by atoms with van der Waals surface area (Å²) in [6, 6.07) is 15.3. The third kappa shape index (κ3) is 4.19. The maximum atomic E-state index is 12.3. The van der Waals surface area contributed by atoms with Gasteiger partial charge in [0.25, 0.3) is 11.8 Å². The maximum Gasteiger partial charge on any atom is 0.267 e. The molecule has 0 fully saturated rings. The van der Waals surface area contributed by atoms with E-state index in [-0.39, 0.29) is 17.2 Å². The van der Waals surface area contributed by atoms with Gasteiger partial charge in [-0.1, -0.05) is 45.0 Å². The molecule has 0 atom stereocenters. The van der Waals surface area contributed by atoms with Gasteiger partial charge in [-0.15, -0.1) is 0 Å². The van der Waals surface area contributed by atoms with E-state index in [1.54, 1.807) is 7.05 Å². The van der Waals surface area contributed by atoms with Crippen LogP contribution in [0.5, 0.6) is 0 Å². The number of H-pyrrole nitrogens is 1. The van der Waals surface area contributed by atoms with Gasteiger partial charge in [-0.05, 0) is 40.8 Å². The first kappa shape index (κ1) is 18.7. The average molecular weight is 363 g/mol. The van der Waals surface area contributed by atoms with Gasteiger partial charge in [0.1, 0.15) is 5.69 Å². The lowest BCUT2D eigenvalue weighted by molar-refractivity contribution is 0.0936. The summed E-state index contributed by atoms with van der Waals surface area (Å²) in [6.07, 6.45) is 0. The molecule has 0 aliphatic heterocycles. The molecule has 140 valence electrons. The lowest BCUT2D eigenvalue weighted by atomic mass is 9.96. The van der Waals surface area contributed by atoms with Crippen LogP contribution in [0.15, 0.2) is 48.5 Å². The van der Waals surface area contributed by atoms with Gasteiger partial charge >= 0.3 is 0 Å². The second-order valence-electron chi connectivity index (χ2n) is 7.85. The first-order chi connectivity index (χ1) is 12.8. The van der Waals surface area contributed by atoms with Crippen molar-refractivity contribution in [2.75, 3.05) is 13.6 Å². The van der Waals surface area contributed by atoms with Crippen molar-refractivity contribution in [3.8, 4) is 11.1 Å². The number of benzene rings is 2. The van der Waals surface area contributed by atoms with Gasteiger partial charge in [-0.2, -0.15) is 0 Å². The van der Waals surface area contributed by atoms with E-state index < -0.39 is 0 Å². The molecule has 0 aliphatic carbocycles. The Hall–Kier alpha value is -3.08. The highest BCUT2D eigenvalue weighted by molar-refractivity contribution is 6.03. The van der Waals surface area contributed by atoms with Crippen molar-refractivity contribution in [3.05, 3.63) is 59.8 Å². The fourth-order valence-electron chi connectivity index (χ4n) is 2.91. The standard InChI is InChI=1S/C22H25N3O2/c1-22(2,3)13-24-20(26)15-10-8-14(9-11-15)16-6-5-7-18-17(16)12-19(25-18)21(27)23-4/h5-12,25H,13H2,1-4H3,(H,23,27)(H,24,26). The summed E-state index contributed by atoms with van der Waals surface area (Å²) in [6.45, 7) is 6.88. The number of aromatic amines is 1. The number of hydrogen-bond acceptors (Lipinski definition) is 2. The number of amides is 2. The number of nitrogens with one attached hydrogen (secondary N) is 3. The van der Waals surface area contributed by atoms with E-state index in [9.17, 15) is 9.59 Å². The fraction of sp³-hybridized carbons (Fsp3) is 0.273. The smallest absolute Gasteiger partial charge is 0.267 e. The molecule has 0 aliphatic rings. The van der Waals surface area contributed by atoms with Crippen LogP contribution in [-0.2, 0) is 0 Å². The third-order valence-corrected chi connectivity index (χ3v) is 4.37. The Labute approximate surface area is 159 Å². The number of carbonyl (C=O) groups is 2. The summed E-state index contributed by atoms with van der Waals surface area (Å²) in [7, 11) is 1.61. The summed E-state index contributed by atoms with van der Waals surface area (Å²) < 4.78 is 0. The summed E-state index contributed by atoms with van der Waals surface area (Å²) >= 11 is 0. The molecule has 2 amide bonds. The zero-order chi connectivity index (χ0) is 19.6. The molecule has 27 heavy (non-hydrogen) atoms. The molecular weight excluding hydrogens is 338 g/mol. The molecule has 5 nitrogen and oxygen atoms in total. The highest BCUT2D eigenvalue weighted by Gasteiger charge is 2.14. The van der Waals surface area contributed by atoms with Crippen molar-refractivity contribution < 1.29 is 9.59 Å². The molecule has 3 N–H and O–H groups in total. The Bertz CT molecular complexity index is 979. The maximum absolute atomic E-state index is 12.3. The molecular formula is C22H25N3O2. The average Bonchev–Trinajstić information content (AvgIpc) is 3.09. The summed E-state index contributed by atoms with van der Waals surface area (Å²) in [4.78, 5) is 27.3. The van der Waals surface area contributed by atoms with Crippen molar-refractivity contribution in [2.45, 2.75) is 20.8 Å². The predicted octanol–water partition coefficient (Wildman–Crippen LogP) is 3.97. The highest BCUT2D eigenvalue weighted by atomic mass is 16.2. The van der Waals surface area contributed by atoms with E-state index in [0.717, 1.165) is 22.0 Å². The summed E-state index contributed by atoms with van der Waals surface area (Å²) in [5.74, 6) is -0.221. The molecule has 0 radical (unpaired) electrons. The molecule has 2 aromatic carbocycles. The van der Waals surface area contributed by atoms with Crippen LogP contribution in [0.3, 0.4) is 0 Å². The van der Waals surface area contributed by atoms with Gasteiger partial charge in [-0.3, -0.25) is 9.59 Å². The molecule has 0 unspecified atom stereocenters. The van der Waals surface area contributed by atoms with Crippen molar-refractivity contribution >= 4 is 22.7 Å². The minimum absolute atomic E-state index is 0.0437. The minimum atomic E-state index is -0.150. The SMILES string of the molecule is CNC(=O)c1cc2c(-c3ccc(C(=O)NCC(C)(C)C)cc3)cccc2[nH]1. The van der Waals surface area contributed by atoms with Crippen molar-refractivity contribution in [1.29, 1.82) is 0 Å². The zero-order valence-electron chi connectivity index (χ0n) is 16.1. The molecule has 0 saturated carbocycles. The number of fused-ring (bicyclic) bond motifs is 1. The van der Waals surface area contributed by atoms with E-state index in [4.69, 9.17) is 0 Å². The Balaban J connectivity index is 1.88. The topological polar surface area (TPSA) is 74.0 Å². The van der Waals surface area contributed by atoms with Gasteiger partial charge in [0, 0.05) is 30.1 Å². The van der Waals surface area contributed by atoms with Crippen LogP contribution >= 0.6 is 0 Å². The van der Waals surface area contributed by atoms with Crippen molar-refractivity contribution in [2.24, 2.45) is 5.41 Å². The van der Waals surface area contributed by atoms with Crippen molar-refractivity contribution in [3.63, 3.8) is 0 Å². The third-order valence-electron chi connectivity index (χ3n) is 4.37. The molecule has 0 bridgehead atoms. The molecule has 3 rings (SSSR count). The van der Waals surface area contributed by atoms with Crippen LogP contribution < -0.4 is 10.6 Å². The first-order valence-corrected chi connectivity index (χ1v) is 9.01. The summed E-state index contributed by atoms with van der Waals surface area (Å²) in [5.41, 5.74) is 4.12. The zero-order valence-corrected chi connectivity index (χ0v) is 16.1. The van der Waals surface area contributed by atoms with Gasteiger partial charge < -0.3 is 15.6 Å². The van der Waals surface area contributed by atoms with Crippen molar-refractivity contribution in [1.82, 2.24) is 15.6 Å². The Morgan fingerprint density at radius 2 is 1.70 bits per heavy atom. The van der Waals surface area contributed by atoms with E-state index in [2.05, 4.69) is 36.4 Å². The lowest BCUT2D eigenvalue weighted by Crippen LogP contribution is -2.32. The quantitative estimate of drug-likeness (QED) is 0.656. The van der Waals surface area contributed by atoms with E-state index in [0.29, 0.717) is 17.8 Å². The highest BCUT2D eigenvalue weighted by Crippen LogP contribution is 2.29. The fourth-order valence-corrected chi connectivity index (χ4v) is 2.91. The number of aromatic nitrogens is 1. The van der Waals surface area contributed by atoms with Crippen LogP contribution in [0, 0.1) is 5.41 Å². The molecule has 1 heterocycles. The second kappa shape index (κ2) is 7.27. The first-order valence-electron chi connectivity index (χ1n) is 9.01. The van der Waals surface area contributed by atoms with E-state index >= 15 is 0 Å². The van der Waals surface area contributed by atoms with Gasteiger partial charge in [-0.25, -0.2) is 0 Å². The van der Waals surface area contributed by atoms with Crippen LogP contribution in [0.25, 0.3) is 22.0 Å². The monoisotopic (exact) mass is 363 g/mol. The Kier molecular flexibility index (Phi) is 5.04. The number of rotatable bonds is 4. The molecule has 3 aromatic rings. The van der Waals surface area contributed by atoms with E-state index in [1.807, 2.05) is 48.5 Å². The molecule has 5 heteroatoms.